The van der Waals surface area contributed by atoms with Crippen LogP contribution in [0, 0.1) is 5.92 Å². The summed E-state index contributed by atoms with van der Waals surface area (Å²) in [4.78, 5) is 22.0. The maximum atomic E-state index is 11.5. The van der Waals surface area contributed by atoms with Crippen LogP contribution in [0.2, 0.25) is 0 Å². The van der Waals surface area contributed by atoms with Crippen molar-refractivity contribution in [2.45, 2.75) is 58.0 Å². The van der Waals surface area contributed by atoms with Gasteiger partial charge in [0.05, 0.1) is 6.04 Å². The first-order valence-corrected chi connectivity index (χ1v) is 6.39. The SMILES string of the molecule is CCC1CCC(NC(C)C(=O)NC(N)=O)CC1. The molecule has 0 saturated heterocycles. The molecule has 1 saturated carbocycles. The number of imide groups is 1. The molecule has 0 aromatic heterocycles. The van der Waals surface area contributed by atoms with Gasteiger partial charge in [-0.25, -0.2) is 4.79 Å². The summed E-state index contributed by atoms with van der Waals surface area (Å²) >= 11 is 0. The molecule has 0 aromatic rings. The molecule has 0 aliphatic heterocycles. The Morgan fingerprint density at radius 3 is 2.35 bits per heavy atom. The number of carbonyl (C=O) groups excluding carboxylic acids is 2. The summed E-state index contributed by atoms with van der Waals surface area (Å²) in [6.07, 6.45) is 5.89. The highest BCUT2D eigenvalue weighted by atomic mass is 16.2. The Labute approximate surface area is 103 Å². The minimum atomic E-state index is -0.793. The summed E-state index contributed by atoms with van der Waals surface area (Å²) in [6, 6.07) is -0.782. The van der Waals surface area contributed by atoms with E-state index in [0.717, 1.165) is 18.8 Å². The number of primary amides is 1. The normalized spacial score (nSPS) is 26.2. The van der Waals surface area contributed by atoms with Crippen molar-refractivity contribution < 1.29 is 9.59 Å². The summed E-state index contributed by atoms with van der Waals surface area (Å²) in [6.45, 7) is 3.98. The molecule has 0 spiro atoms. The Morgan fingerprint density at radius 1 is 1.29 bits per heavy atom. The van der Waals surface area contributed by atoms with Crippen LogP contribution in [0.15, 0.2) is 0 Å². The zero-order valence-corrected chi connectivity index (χ0v) is 10.7. The monoisotopic (exact) mass is 241 g/mol. The fourth-order valence-electron chi connectivity index (χ4n) is 2.40. The second-order valence-corrected chi connectivity index (χ2v) is 4.87. The second-order valence-electron chi connectivity index (χ2n) is 4.87. The summed E-state index contributed by atoms with van der Waals surface area (Å²) in [5.74, 6) is 0.484. The number of amides is 3. The van der Waals surface area contributed by atoms with E-state index in [1.165, 1.54) is 19.3 Å². The highest BCUT2D eigenvalue weighted by molar-refractivity contribution is 5.96. The summed E-state index contributed by atoms with van der Waals surface area (Å²) in [5.41, 5.74) is 4.90. The Hall–Kier alpha value is -1.10. The molecular formula is C12H23N3O2. The van der Waals surface area contributed by atoms with Crippen molar-refractivity contribution in [3.63, 3.8) is 0 Å². The highest BCUT2D eigenvalue weighted by Crippen LogP contribution is 2.26. The molecule has 4 N–H and O–H groups in total. The largest absolute Gasteiger partial charge is 0.351 e. The van der Waals surface area contributed by atoms with Crippen LogP contribution in [0.1, 0.15) is 46.0 Å². The van der Waals surface area contributed by atoms with E-state index in [0.29, 0.717) is 6.04 Å². The molecule has 0 bridgehead atoms. The number of urea groups is 1. The molecule has 0 radical (unpaired) electrons. The predicted octanol–water partition coefficient (Wildman–Crippen LogP) is 1.13. The van der Waals surface area contributed by atoms with Gasteiger partial charge in [0.2, 0.25) is 5.91 Å². The Kier molecular flexibility index (Phi) is 5.41. The number of nitrogens with two attached hydrogens (primary N) is 1. The first kappa shape index (κ1) is 14.0. The van der Waals surface area contributed by atoms with Gasteiger partial charge in [0.15, 0.2) is 0 Å². The van der Waals surface area contributed by atoms with E-state index in [-0.39, 0.29) is 11.9 Å². The van der Waals surface area contributed by atoms with Crippen LogP contribution in [0.5, 0.6) is 0 Å². The third-order valence-electron chi connectivity index (χ3n) is 3.55. The Balaban J connectivity index is 2.29. The van der Waals surface area contributed by atoms with E-state index in [4.69, 9.17) is 5.73 Å². The van der Waals surface area contributed by atoms with E-state index < -0.39 is 6.03 Å². The van der Waals surface area contributed by atoms with Gasteiger partial charge >= 0.3 is 6.03 Å². The zero-order chi connectivity index (χ0) is 12.8. The molecule has 0 heterocycles. The van der Waals surface area contributed by atoms with Crippen molar-refractivity contribution in [3.8, 4) is 0 Å². The molecule has 1 fully saturated rings. The molecule has 1 aliphatic rings. The average molecular weight is 241 g/mol. The minimum absolute atomic E-state index is 0.352. The molecule has 1 atom stereocenters. The van der Waals surface area contributed by atoms with Gasteiger partial charge in [-0.05, 0) is 38.5 Å². The van der Waals surface area contributed by atoms with E-state index in [9.17, 15) is 9.59 Å². The van der Waals surface area contributed by atoms with E-state index in [1.54, 1.807) is 6.92 Å². The minimum Gasteiger partial charge on any atom is -0.351 e. The van der Waals surface area contributed by atoms with Gasteiger partial charge in [-0.15, -0.1) is 0 Å². The van der Waals surface area contributed by atoms with Gasteiger partial charge in [-0.3, -0.25) is 10.1 Å². The number of nitrogens with one attached hydrogen (secondary N) is 2. The molecule has 1 unspecified atom stereocenters. The summed E-state index contributed by atoms with van der Waals surface area (Å²) in [5, 5.41) is 5.34. The lowest BCUT2D eigenvalue weighted by atomic mass is 9.84. The maximum Gasteiger partial charge on any atom is 0.318 e. The lowest BCUT2D eigenvalue weighted by molar-refractivity contribution is -0.121. The molecule has 1 rings (SSSR count). The van der Waals surface area contributed by atoms with Crippen molar-refractivity contribution in [3.05, 3.63) is 0 Å². The van der Waals surface area contributed by atoms with E-state index in [1.807, 2.05) is 0 Å². The number of hydrogen-bond donors (Lipinski definition) is 3. The first-order valence-electron chi connectivity index (χ1n) is 6.39. The fourth-order valence-corrected chi connectivity index (χ4v) is 2.40. The van der Waals surface area contributed by atoms with Gasteiger partial charge in [0.25, 0.3) is 0 Å². The van der Waals surface area contributed by atoms with Gasteiger partial charge in [-0.1, -0.05) is 13.3 Å². The van der Waals surface area contributed by atoms with Crippen molar-refractivity contribution in [2.75, 3.05) is 0 Å². The highest BCUT2D eigenvalue weighted by Gasteiger charge is 2.23. The lowest BCUT2D eigenvalue weighted by Gasteiger charge is -2.30. The van der Waals surface area contributed by atoms with Crippen molar-refractivity contribution in [2.24, 2.45) is 11.7 Å². The zero-order valence-electron chi connectivity index (χ0n) is 10.7. The lowest BCUT2D eigenvalue weighted by Crippen LogP contribution is -2.50. The van der Waals surface area contributed by atoms with Crippen LogP contribution in [0.25, 0.3) is 0 Å². The van der Waals surface area contributed by atoms with Gasteiger partial charge < -0.3 is 11.1 Å². The molecule has 17 heavy (non-hydrogen) atoms. The van der Waals surface area contributed by atoms with Crippen LogP contribution in [-0.2, 0) is 4.79 Å². The molecule has 5 heteroatoms. The quantitative estimate of drug-likeness (QED) is 0.689. The third-order valence-corrected chi connectivity index (χ3v) is 3.55. The molecule has 1 aliphatic carbocycles. The maximum absolute atomic E-state index is 11.5. The van der Waals surface area contributed by atoms with Crippen LogP contribution < -0.4 is 16.4 Å². The van der Waals surface area contributed by atoms with Gasteiger partial charge in [0.1, 0.15) is 0 Å². The van der Waals surface area contributed by atoms with Crippen molar-refractivity contribution >= 4 is 11.9 Å². The number of hydrogen-bond acceptors (Lipinski definition) is 3. The average Bonchev–Trinajstić information content (AvgIpc) is 2.29. The number of rotatable bonds is 4. The van der Waals surface area contributed by atoms with Gasteiger partial charge in [0, 0.05) is 6.04 Å². The molecule has 3 amide bonds. The Bertz CT molecular complexity index is 273. The molecule has 5 nitrogen and oxygen atoms in total. The molecular weight excluding hydrogens is 218 g/mol. The van der Waals surface area contributed by atoms with Crippen molar-refractivity contribution in [1.82, 2.24) is 10.6 Å². The Morgan fingerprint density at radius 2 is 1.88 bits per heavy atom. The van der Waals surface area contributed by atoms with Crippen LogP contribution in [0.4, 0.5) is 4.79 Å². The molecule has 0 aromatic carbocycles. The first-order chi connectivity index (χ1) is 8.02. The standard InChI is InChI=1S/C12H23N3O2/c1-3-9-4-6-10(7-5-9)14-8(2)11(16)15-12(13)17/h8-10,14H,3-7H2,1-2H3,(H3,13,15,16,17). The second kappa shape index (κ2) is 6.59. The fraction of sp³-hybridized carbons (Fsp3) is 0.833. The third kappa shape index (κ3) is 4.73. The van der Waals surface area contributed by atoms with E-state index in [2.05, 4.69) is 17.6 Å². The summed E-state index contributed by atoms with van der Waals surface area (Å²) < 4.78 is 0. The summed E-state index contributed by atoms with van der Waals surface area (Å²) in [7, 11) is 0. The smallest absolute Gasteiger partial charge is 0.318 e. The van der Waals surface area contributed by atoms with Crippen LogP contribution in [-0.4, -0.2) is 24.0 Å². The van der Waals surface area contributed by atoms with Crippen LogP contribution >= 0.6 is 0 Å². The predicted molar refractivity (Wildman–Crippen MR) is 66.4 cm³/mol. The number of carbonyl (C=O) groups is 2. The van der Waals surface area contributed by atoms with Gasteiger partial charge in [-0.2, -0.15) is 0 Å². The topological polar surface area (TPSA) is 84.2 Å². The van der Waals surface area contributed by atoms with Crippen molar-refractivity contribution in [1.29, 1.82) is 0 Å². The molecule has 98 valence electrons. The van der Waals surface area contributed by atoms with Crippen LogP contribution in [0.3, 0.4) is 0 Å². The van der Waals surface area contributed by atoms with E-state index >= 15 is 0 Å².